The first-order valence-electron chi connectivity index (χ1n) is 7.90. The molecule has 1 amide bonds. The molecular formula is C17H21FN2O. The van der Waals surface area contributed by atoms with Crippen LogP contribution < -0.4 is 11.1 Å². The van der Waals surface area contributed by atoms with E-state index in [2.05, 4.69) is 5.32 Å². The molecule has 0 spiro atoms. The highest BCUT2D eigenvalue weighted by atomic mass is 19.1. The molecule has 4 heteroatoms. The molecule has 4 bridgehead atoms. The van der Waals surface area contributed by atoms with Crippen molar-refractivity contribution in [1.29, 1.82) is 0 Å². The van der Waals surface area contributed by atoms with E-state index in [-0.39, 0.29) is 17.0 Å². The Kier molecular flexibility index (Phi) is 2.78. The summed E-state index contributed by atoms with van der Waals surface area (Å²) in [5.41, 5.74) is 5.92. The standard InChI is InChI=1S/C17H21FN2O/c18-15-6-13(19)1-2-14(15)16(21)20-17-7-10-3-11(8-17)5-12(4-10)9-17/h1-2,6,10-12H,3-5,7-9,19H2,(H,20,21). The number of halogens is 1. The maximum absolute atomic E-state index is 13.9. The summed E-state index contributed by atoms with van der Waals surface area (Å²) in [7, 11) is 0. The average molecular weight is 288 g/mol. The first kappa shape index (κ1) is 13.1. The highest BCUT2D eigenvalue weighted by Crippen LogP contribution is 2.55. The number of amides is 1. The molecule has 4 saturated carbocycles. The van der Waals surface area contributed by atoms with Crippen molar-refractivity contribution in [1.82, 2.24) is 5.32 Å². The molecule has 112 valence electrons. The van der Waals surface area contributed by atoms with Gasteiger partial charge in [-0.1, -0.05) is 0 Å². The number of benzene rings is 1. The van der Waals surface area contributed by atoms with Gasteiger partial charge in [0.15, 0.2) is 0 Å². The fraction of sp³-hybridized carbons (Fsp3) is 0.588. The van der Waals surface area contributed by atoms with Crippen molar-refractivity contribution in [3.8, 4) is 0 Å². The first-order chi connectivity index (χ1) is 10.0. The summed E-state index contributed by atoms with van der Waals surface area (Å²) in [6.45, 7) is 0. The van der Waals surface area contributed by atoms with E-state index in [0.29, 0.717) is 5.69 Å². The Morgan fingerprint density at radius 1 is 1.14 bits per heavy atom. The lowest BCUT2D eigenvalue weighted by Gasteiger charge is -2.56. The van der Waals surface area contributed by atoms with Gasteiger partial charge in [-0.2, -0.15) is 0 Å². The molecule has 4 aliphatic carbocycles. The van der Waals surface area contributed by atoms with Gasteiger partial charge in [-0.25, -0.2) is 4.39 Å². The van der Waals surface area contributed by atoms with Crippen molar-refractivity contribution in [3.05, 3.63) is 29.6 Å². The molecule has 5 rings (SSSR count). The normalized spacial score (nSPS) is 36.7. The number of carbonyl (C=O) groups is 1. The van der Waals surface area contributed by atoms with Crippen molar-refractivity contribution >= 4 is 11.6 Å². The van der Waals surface area contributed by atoms with Gasteiger partial charge in [0, 0.05) is 11.2 Å². The molecule has 0 unspecified atom stereocenters. The number of nitrogens with two attached hydrogens (primary N) is 1. The summed E-state index contributed by atoms with van der Waals surface area (Å²) in [5, 5.41) is 3.18. The number of nitrogen functional groups attached to an aromatic ring is 1. The second-order valence-corrected chi connectivity index (χ2v) is 7.39. The van der Waals surface area contributed by atoms with Crippen LogP contribution in [0.4, 0.5) is 10.1 Å². The quantitative estimate of drug-likeness (QED) is 0.822. The van der Waals surface area contributed by atoms with E-state index in [1.165, 1.54) is 31.4 Å². The zero-order valence-electron chi connectivity index (χ0n) is 12.1. The van der Waals surface area contributed by atoms with E-state index in [4.69, 9.17) is 5.73 Å². The number of carbonyl (C=O) groups excluding carboxylic acids is 1. The molecule has 0 saturated heterocycles. The van der Waals surface area contributed by atoms with Crippen LogP contribution >= 0.6 is 0 Å². The molecule has 1 aromatic carbocycles. The third kappa shape index (κ3) is 2.21. The van der Waals surface area contributed by atoms with Crippen LogP contribution in [-0.2, 0) is 0 Å². The molecule has 0 aromatic heterocycles. The predicted molar refractivity (Wildman–Crippen MR) is 79.2 cm³/mol. The van der Waals surface area contributed by atoms with Gasteiger partial charge >= 0.3 is 0 Å². The monoisotopic (exact) mass is 288 g/mol. The van der Waals surface area contributed by atoms with E-state index in [0.717, 1.165) is 37.0 Å². The summed E-state index contributed by atoms with van der Waals surface area (Å²) in [6.07, 6.45) is 7.19. The topological polar surface area (TPSA) is 55.1 Å². The highest BCUT2D eigenvalue weighted by Gasteiger charge is 2.51. The summed E-state index contributed by atoms with van der Waals surface area (Å²) in [6, 6.07) is 4.28. The SMILES string of the molecule is Nc1ccc(C(=O)NC23CC4CC(CC(C4)C2)C3)c(F)c1. The van der Waals surface area contributed by atoms with Crippen LogP contribution in [0.25, 0.3) is 0 Å². The number of hydrogen-bond donors (Lipinski definition) is 2. The third-order valence-electron chi connectivity index (χ3n) is 5.65. The fourth-order valence-corrected chi connectivity index (χ4v) is 5.29. The van der Waals surface area contributed by atoms with Gasteiger partial charge in [0.05, 0.1) is 5.56 Å². The van der Waals surface area contributed by atoms with E-state index in [1.54, 1.807) is 6.07 Å². The number of anilines is 1. The molecule has 0 atom stereocenters. The summed E-state index contributed by atoms with van der Waals surface area (Å²) in [4.78, 5) is 12.5. The van der Waals surface area contributed by atoms with Crippen molar-refractivity contribution < 1.29 is 9.18 Å². The van der Waals surface area contributed by atoms with Crippen molar-refractivity contribution in [2.24, 2.45) is 17.8 Å². The van der Waals surface area contributed by atoms with E-state index in [1.807, 2.05) is 0 Å². The van der Waals surface area contributed by atoms with Gasteiger partial charge in [0.2, 0.25) is 0 Å². The molecular weight excluding hydrogens is 267 g/mol. The van der Waals surface area contributed by atoms with Crippen LogP contribution in [0.2, 0.25) is 0 Å². The van der Waals surface area contributed by atoms with E-state index >= 15 is 0 Å². The lowest BCUT2D eigenvalue weighted by Crippen LogP contribution is -2.59. The second kappa shape index (κ2) is 4.46. The Morgan fingerprint density at radius 3 is 2.24 bits per heavy atom. The van der Waals surface area contributed by atoms with Crippen LogP contribution in [0.3, 0.4) is 0 Å². The minimum Gasteiger partial charge on any atom is -0.399 e. The Labute approximate surface area is 124 Å². The largest absolute Gasteiger partial charge is 0.399 e. The molecule has 0 radical (unpaired) electrons. The summed E-state index contributed by atoms with van der Waals surface area (Å²) in [5.74, 6) is 1.46. The van der Waals surface area contributed by atoms with E-state index < -0.39 is 5.82 Å². The molecule has 4 fully saturated rings. The zero-order chi connectivity index (χ0) is 14.6. The second-order valence-electron chi connectivity index (χ2n) is 7.39. The number of rotatable bonds is 2. The van der Waals surface area contributed by atoms with Gasteiger partial charge < -0.3 is 11.1 Å². The molecule has 0 aliphatic heterocycles. The van der Waals surface area contributed by atoms with Gasteiger partial charge in [0.1, 0.15) is 5.82 Å². The molecule has 21 heavy (non-hydrogen) atoms. The van der Waals surface area contributed by atoms with Gasteiger partial charge in [-0.3, -0.25) is 4.79 Å². The lowest BCUT2D eigenvalue weighted by atomic mass is 9.53. The number of nitrogens with one attached hydrogen (secondary N) is 1. The Bertz CT molecular complexity index is 563. The minimum atomic E-state index is -0.530. The fourth-order valence-electron chi connectivity index (χ4n) is 5.29. The number of hydrogen-bond acceptors (Lipinski definition) is 2. The molecule has 0 heterocycles. The first-order valence-corrected chi connectivity index (χ1v) is 7.90. The molecule has 3 N–H and O–H groups in total. The van der Waals surface area contributed by atoms with Crippen LogP contribution in [0.1, 0.15) is 48.9 Å². The van der Waals surface area contributed by atoms with Crippen LogP contribution in [0.5, 0.6) is 0 Å². The molecule has 1 aromatic rings. The third-order valence-corrected chi connectivity index (χ3v) is 5.65. The van der Waals surface area contributed by atoms with E-state index in [9.17, 15) is 9.18 Å². The maximum Gasteiger partial charge on any atom is 0.254 e. The maximum atomic E-state index is 13.9. The zero-order valence-corrected chi connectivity index (χ0v) is 12.1. The summed E-state index contributed by atoms with van der Waals surface area (Å²) >= 11 is 0. The lowest BCUT2D eigenvalue weighted by molar-refractivity contribution is -0.0167. The van der Waals surface area contributed by atoms with Gasteiger partial charge in [-0.05, 0) is 74.5 Å². The van der Waals surface area contributed by atoms with Crippen LogP contribution in [0, 0.1) is 23.6 Å². The Hall–Kier alpha value is -1.58. The Morgan fingerprint density at radius 2 is 1.71 bits per heavy atom. The van der Waals surface area contributed by atoms with Crippen molar-refractivity contribution in [2.75, 3.05) is 5.73 Å². The van der Waals surface area contributed by atoms with Crippen molar-refractivity contribution in [2.45, 2.75) is 44.1 Å². The smallest absolute Gasteiger partial charge is 0.254 e. The molecule has 3 nitrogen and oxygen atoms in total. The molecule has 4 aliphatic rings. The highest BCUT2D eigenvalue weighted by molar-refractivity contribution is 5.95. The van der Waals surface area contributed by atoms with Gasteiger partial charge in [0.25, 0.3) is 5.91 Å². The van der Waals surface area contributed by atoms with Crippen molar-refractivity contribution in [3.63, 3.8) is 0 Å². The minimum absolute atomic E-state index is 0.0837. The predicted octanol–water partition coefficient (Wildman–Crippen LogP) is 3.11. The van der Waals surface area contributed by atoms with Crippen LogP contribution in [-0.4, -0.2) is 11.4 Å². The van der Waals surface area contributed by atoms with Gasteiger partial charge in [-0.15, -0.1) is 0 Å². The van der Waals surface area contributed by atoms with Crippen LogP contribution in [0.15, 0.2) is 18.2 Å². The summed E-state index contributed by atoms with van der Waals surface area (Å²) < 4.78 is 13.9. The average Bonchev–Trinajstić information content (AvgIpc) is 2.35. The Balaban J connectivity index is 1.57.